The molecule has 1 aliphatic rings. The molecule has 2 aromatic rings. The van der Waals surface area contributed by atoms with E-state index in [0.29, 0.717) is 11.4 Å². The summed E-state index contributed by atoms with van der Waals surface area (Å²) in [6.07, 6.45) is 0.370. The van der Waals surface area contributed by atoms with Gasteiger partial charge < -0.3 is 15.5 Å². The van der Waals surface area contributed by atoms with Crippen LogP contribution in [-0.2, 0) is 11.2 Å². The van der Waals surface area contributed by atoms with Gasteiger partial charge in [-0.25, -0.2) is 0 Å². The number of hydrogen-bond acceptors (Lipinski definition) is 3. The van der Waals surface area contributed by atoms with E-state index in [0.717, 1.165) is 39.5 Å². The van der Waals surface area contributed by atoms with E-state index in [4.69, 9.17) is 21.8 Å². The predicted octanol–water partition coefficient (Wildman–Crippen LogP) is 3.40. The molecule has 0 aliphatic carbocycles. The summed E-state index contributed by atoms with van der Waals surface area (Å²) in [5.41, 5.74) is 11.0. The van der Waals surface area contributed by atoms with Crippen molar-refractivity contribution in [2.75, 3.05) is 5.32 Å². The molecule has 0 bridgehead atoms. The molecule has 0 fully saturated rings. The minimum Gasteiger partial charge on any atom is -0.466 e. The van der Waals surface area contributed by atoms with Gasteiger partial charge in [-0.1, -0.05) is 11.6 Å². The van der Waals surface area contributed by atoms with Gasteiger partial charge in [-0.05, 0) is 49.6 Å². The van der Waals surface area contributed by atoms with Crippen LogP contribution < -0.4 is 11.1 Å². The number of nitrogens with two attached hydrogens (primary N) is 1. The maximum absolute atomic E-state index is 11.5. The van der Waals surface area contributed by atoms with Crippen LogP contribution in [0.3, 0.4) is 0 Å². The van der Waals surface area contributed by atoms with E-state index >= 15 is 0 Å². The van der Waals surface area contributed by atoms with Gasteiger partial charge in [0, 0.05) is 16.3 Å². The summed E-state index contributed by atoms with van der Waals surface area (Å²) >= 11 is 6.35. The summed E-state index contributed by atoms with van der Waals surface area (Å²) in [4.78, 5) is 11.5. The van der Waals surface area contributed by atoms with E-state index < -0.39 is 0 Å². The van der Waals surface area contributed by atoms with Crippen LogP contribution in [0, 0.1) is 20.8 Å². The fraction of sp³-hybridized carbons (Fsp3) is 0.312. The molecule has 1 unspecified atom stereocenters. The highest BCUT2D eigenvalue weighted by atomic mass is 35.5. The Kier molecular flexibility index (Phi) is 3.30. The van der Waals surface area contributed by atoms with Gasteiger partial charge in [-0.3, -0.25) is 4.79 Å². The highest BCUT2D eigenvalue weighted by molar-refractivity contribution is 6.32. The Hall–Kier alpha value is -1.78. The zero-order chi connectivity index (χ0) is 15.3. The van der Waals surface area contributed by atoms with Crippen molar-refractivity contribution in [3.63, 3.8) is 0 Å². The number of nitrogens with one attached hydrogen (secondary N) is 1. The lowest BCUT2D eigenvalue weighted by Gasteiger charge is -2.16. The van der Waals surface area contributed by atoms with E-state index in [9.17, 15) is 4.79 Å². The second-order valence-electron chi connectivity index (χ2n) is 5.49. The van der Waals surface area contributed by atoms with Crippen LogP contribution >= 0.6 is 11.6 Å². The van der Waals surface area contributed by atoms with Gasteiger partial charge in [0.05, 0.1) is 12.5 Å². The number of anilines is 1. The molecule has 1 aromatic carbocycles. The molecule has 1 amide bonds. The molecule has 1 aromatic heterocycles. The monoisotopic (exact) mass is 304 g/mol. The SMILES string of the molecule is Cc1oc(C)c(C(N)c2cc3c(cc2Cl)NC(=O)C3)c1C. The maximum Gasteiger partial charge on any atom is 0.228 e. The molecule has 1 aliphatic heterocycles. The minimum atomic E-state index is -0.365. The van der Waals surface area contributed by atoms with Crippen LogP contribution in [0.2, 0.25) is 5.02 Å². The molecule has 3 N–H and O–H groups in total. The number of rotatable bonds is 2. The third-order valence-electron chi connectivity index (χ3n) is 4.11. The number of furan rings is 1. The molecular weight excluding hydrogens is 288 g/mol. The van der Waals surface area contributed by atoms with E-state index in [2.05, 4.69) is 5.32 Å². The quantitative estimate of drug-likeness (QED) is 0.893. The van der Waals surface area contributed by atoms with Gasteiger partial charge in [-0.2, -0.15) is 0 Å². The number of halogens is 1. The number of benzene rings is 1. The van der Waals surface area contributed by atoms with E-state index in [-0.39, 0.29) is 11.9 Å². The average Bonchev–Trinajstić information content (AvgIpc) is 2.87. The van der Waals surface area contributed by atoms with Crippen molar-refractivity contribution < 1.29 is 9.21 Å². The second-order valence-corrected chi connectivity index (χ2v) is 5.89. The fourth-order valence-corrected chi connectivity index (χ4v) is 3.21. The van der Waals surface area contributed by atoms with Gasteiger partial charge >= 0.3 is 0 Å². The van der Waals surface area contributed by atoms with Crippen molar-refractivity contribution in [2.24, 2.45) is 5.73 Å². The Bertz CT molecular complexity index is 749. The molecule has 0 saturated carbocycles. The van der Waals surface area contributed by atoms with Gasteiger partial charge in [0.1, 0.15) is 11.5 Å². The number of carbonyl (C=O) groups excluding carboxylic acids is 1. The molecule has 21 heavy (non-hydrogen) atoms. The standard InChI is InChI=1S/C16H17ClN2O2/c1-7-8(2)21-9(3)15(7)16(18)11-4-10-5-14(20)19-13(10)6-12(11)17/h4,6,16H,5,18H2,1-3H3,(H,19,20). The molecule has 110 valence electrons. The Labute approximate surface area is 128 Å². The zero-order valence-corrected chi connectivity index (χ0v) is 13.0. The van der Waals surface area contributed by atoms with Crippen LogP contribution in [0.15, 0.2) is 16.5 Å². The van der Waals surface area contributed by atoms with Crippen molar-refractivity contribution >= 4 is 23.2 Å². The molecule has 2 heterocycles. The van der Waals surface area contributed by atoms with Gasteiger partial charge in [0.2, 0.25) is 5.91 Å². The first-order chi connectivity index (χ1) is 9.88. The first-order valence-electron chi connectivity index (χ1n) is 6.82. The lowest BCUT2D eigenvalue weighted by molar-refractivity contribution is -0.115. The molecule has 5 heteroatoms. The highest BCUT2D eigenvalue weighted by Gasteiger charge is 2.25. The van der Waals surface area contributed by atoms with Crippen LogP contribution in [0.4, 0.5) is 5.69 Å². The normalized spacial score (nSPS) is 15.0. The number of hydrogen-bond donors (Lipinski definition) is 2. The van der Waals surface area contributed by atoms with Crippen LogP contribution in [-0.4, -0.2) is 5.91 Å². The fourth-order valence-electron chi connectivity index (χ4n) is 2.93. The van der Waals surface area contributed by atoms with Crippen LogP contribution in [0.1, 0.15) is 39.8 Å². The lowest BCUT2D eigenvalue weighted by Crippen LogP contribution is -2.14. The second kappa shape index (κ2) is 4.90. The summed E-state index contributed by atoms with van der Waals surface area (Å²) < 4.78 is 5.65. The van der Waals surface area contributed by atoms with Crippen molar-refractivity contribution in [1.82, 2.24) is 0 Å². The molecule has 3 rings (SSSR count). The lowest BCUT2D eigenvalue weighted by atomic mass is 9.94. The van der Waals surface area contributed by atoms with E-state index in [1.165, 1.54) is 0 Å². The molecule has 1 atom stereocenters. The van der Waals surface area contributed by atoms with Crippen molar-refractivity contribution in [3.8, 4) is 0 Å². The Morgan fingerprint density at radius 1 is 1.29 bits per heavy atom. The van der Waals surface area contributed by atoms with E-state index in [1.807, 2.05) is 26.8 Å². The Balaban J connectivity index is 2.08. The smallest absolute Gasteiger partial charge is 0.228 e. The summed E-state index contributed by atoms with van der Waals surface area (Å²) in [5, 5.41) is 3.34. The van der Waals surface area contributed by atoms with Gasteiger partial charge in [0.15, 0.2) is 0 Å². The molecule has 0 saturated heterocycles. The summed E-state index contributed by atoms with van der Waals surface area (Å²) in [7, 11) is 0. The largest absolute Gasteiger partial charge is 0.466 e. The predicted molar refractivity (Wildman–Crippen MR) is 82.7 cm³/mol. The van der Waals surface area contributed by atoms with Gasteiger partial charge in [-0.15, -0.1) is 0 Å². The van der Waals surface area contributed by atoms with Crippen LogP contribution in [0.5, 0.6) is 0 Å². The third-order valence-corrected chi connectivity index (χ3v) is 4.44. The minimum absolute atomic E-state index is 0.0155. The van der Waals surface area contributed by atoms with Crippen molar-refractivity contribution in [2.45, 2.75) is 33.2 Å². The zero-order valence-electron chi connectivity index (χ0n) is 12.2. The third kappa shape index (κ3) is 2.24. The van der Waals surface area contributed by atoms with Crippen molar-refractivity contribution in [1.29, 1.82) is 0 Å². The molecular formula is C16H17ClN2O2. The average molecular weight is 305 g/mol. The van der Waals surface area contributed by atoms with Gasteiger partial charge in [0.25, 0.3) is 0 Å². The number of aryl methyl sites for hydroxylation is 2. The number of carbonyl (C=O) groups is 1. The molecule has 0 spiro atoms. The molecule has 0 radical (unpaired) electrons. The number of amides is 1. The first kappa shape index (κ1) is 14.2. The Morgan fingerprint density at radius 2 is 2.00 bits per heavy atom. The number of fused-ring (bicyclic) bond motifs is 1. The van der Waals surface area contributed by atoms with Crippen LogP contribution in [0.25, 0.3) is 0 Å². The summed E-state index contributed by atoms with van der Waals surface area (Å²) in [6.45, 7) is 5.82. The van der Waals surface area contributed by atoms with E-state index in [1.54, 1.807) is 6.07 Å². The first-order valence-corrected chi connectivity index (χ1v) is 7.20. The summed E-state index contributed by atoms with van der Waals surface area (Å²) in [6, 6.07) is 3.33. The highest BCUT2D eigenvalue weighted by Crippen LogP contribution is 2.37. The summed E-state index contributed by atoms with van der Waals surface area (Å²) in [5.74, 6) is 1.66. The maximum atomic E-state index is 11.5. The van der Waals surface area contributed by atoms with Crippen molar-refractivity contribution in [3.05, 3.63) is 50.9 Å². The Morgan fingerprint density at radius 3 is 2.62 bits per heavy atom. The topological polar surface area (TPSA) is 68.3 Å². The molecule has 4 nitrogen and oxygen atoms in total.